The Kier molecular flexibility index (Phi) is 8.18. The number of hydrogen-bond donors (Lipinski definition) is 2. The third-order valence-electron chi connectivity index (χ3n) is 4.64. The molecule has 1 aliphatic heterocycles. The molecule has 1 aromatic rings. The molecule has 0 spiro atoms. The van der Waals surface area contributed by atoms with Crippen molar-refractivity contribution in [3.8, 4) is 0 Å². The molecule has 1 saturated heterocycles. The Bertz CT molecular complexity index is 735. The Balaban J connectivity index is 2.08. The molecule has 3 atom stereocenters. The van der Waals surface area contributed by atoms with E-state index in [1.165, 1.54) is 14.0 Å². The molecule has 1 fully saturated rings. The minimum Gasteiger partial charge on any atom is -0.468 e. The number of methoxy groups -OCH3 is 1. The van der Waals surface area contributed by atoms with E-state index in [2.05, 4.69) is 10.1 Å². The van der Waals surface area contributed by atoms with E-state index in [9.17, 15) is 23.2 Å². The predicted octanol–water partition coefficient (Wildman–Crippen LogP) is -0.218. The minimum atomic E-state index is -1.23. The zero-order valence-corrected chi connectivity index (χ0v) is 16.3. The minimum absolute atomic E-state index is 0.135. The molecule has 1 amide bonds. The lowest BCUT2D eigenvalue weighted by molar-refractivity contribution is -0.148. The first-order valence-electron chi connectivity index (χ1n) is 9.16. The molecular formula is C19H25F2N3O5. The smallest absolute Gasteiger partial charge is 0.324 e. The summed E-state index contributed by atoms with van der Waals surface area (Å²) in [5, 5.41) is 2.50. The van der Waals surface area contributed by atoms with Gasteiger partial charge in [0.15, 0.2) is 5.78 Å². The Morgan fingerprint density at radius 3 is 2.34 bits per heavy atom. The Morgan fingerprint density at radius 2 is 1.79 bits per heavy atom. The number of benzene rings is 1. The SMILES string of the molecule is COC(=O)C(N)C(C(=O)[C@H](C)NC(=O)Cc1cc(F)cc(F)c1)N1CCOCC1. The summed E-state index contributed by atoms with van der Waals surface area (Å²) in [5.74, 6) is -3.41. The highest BCUT2D eigenvalue weighted by Gasteiger charge is 2.39. The molecule has 1 aliphatic rings. The van der Waals surface area contributed by atoms with Gasteiger partial charge in [-0.3, -0.25) is 19.3 Å². The standard InChI is InChI=1S/C19H25F2N3O5/c1-11(23-15(25)9-12-7-13(20)10-14(21)8-12)18(26)17(16(22)19(27)28-2)24-3-5-29-6-4-24/h7-8,10-11,16-17H,3-6,9,22H2,1-2H3,(H,23,25)/t11-,16?,17?/m0/s1. The molecule has 10 heteroatoms. The Labute approximate surface area is 167 Å². The number of nitrogens with one attached hydrogen (secondary N) is 1. The fourth-order valence-corrected chi connectivity index (χ4v) is 3.22. The van der Waals surface area contributed by atoms with Crippen LogP contribution in [0.25, 0.3) is 0 Å². The number of rotatable bonds is 8. The van der Waals surface area contributed by atoms with Crippen molar-refractivity contribution in [2.45, 2.75) is 31.5 Å². The first-order valence-corrected chi connectivity index (χ1v) is 9.16. The number of nitrogens with zero attached hydrogens (tertiary/aromatic N) is 1. The largest absolute Gasteiger partial charge is 0.468 e. The summed E-state index contributed by atoms with van der Waals surface area (Å²) in [5.41, 5.74) is 6.09. The van der Waals surface area contributed by atoms with Crippen molar-refractivity contribution in [2.24, 2.45) is 5.73 Å². The third kappa shape index (κ3) is 6.28. The topological polar surface area (TPSA) is 111 Å². The molecule has 0 aromatic heterocycles. The number of carbonyl (C=O) groups excluding carboxylic acids is 3. The number of halogens is 2. The maximum Gasteiger partial charge on any atom is 0.324 e. The van der Waals surface area contributed by atoms with Crippen LogP contribution in [0.5, 0.6) is 0 Å². The number of nitrogens with two attached hydrogens (primary N) is 1. The molecule has 2 unspecified atom stereocenters. The van der Waals surface area contributed by atoms with E-state index in [4.69, 9.17) is 10.5 Å². The summed E-state index contributed by atoms with van der Waals surface area (Å²) in [4.78, 5) is 38.9. The van der Waals surface area contributed by atoms with Crippen molar-refractivity contribution >= 4 is 17.7 Å². The van der Waals surface area contributed by atoms with Gasteiger partial charge in [0.2, 0.25) is 5.91 Å². The number of amides is 1. The van der Waals surface area contributed by atoms with Gasteiger partial charge in [0, 0.05) is 19.2 Å². The van der Waals surface area contributed by atoms with Crippen molar-refractivity contribution in [3.63, 3.8) is 0 Å². The first kappa shape index (κ1) is 22.9. The number of Topliss-reactive ketones (excluding diaryl/α,β-unsaturated/α-hetero) is 1. The van der Waals surface area contributed by atoms with Crippen molar-refractivity contribution < 1.29 is 32.6 Å². The summed E-state index contributed by atoms with van der Waals surface area (Å²) >= 11 is 0. The van der Waals surface area contributed by atoms with Gasteiger partial charge in [-0.25, -0.2) is 8.78 Å². The van der Waals surface area contributed by atoms with E-state index in [0.29, 0.717) is 32.4 Å². The second kappa shape index (κ2) is 10.4. The van der Waals surface area contributed by atoms with Crippen LogP contribution in [0.2, 0.25) is 0 Å². The van der Waals surface area contributed by atoms with Gasteiger partial charge in [0.25, 0.3) is 0 Å². The zero-order valence-electron chi connectivity index (χ0n) is 16.3. The van der Waals surface area contributed by atoms with Gasteiger partial charge in [0.1, 0.15) is 17.7 Å². The molecule has 0 bridgehead atoms. The first-order chi connectivity index (χ1) is 13.7. The summed E-state index contributed by atoms with van der Waals surface area (Å²) in [6, 6.07) is -0.438. The maximum atomic E-state index is 13.3. The molecule has 29 heavy (non-hydrogen) atoms. The summed E-state index contributed by atoms with van der Waals surface area (Å²) in [6.07, 6.45) is -0.308. The normalized spacial score (nSPS) is 17.8. The molecule has 0 saturated carbocycles. The highest BCUT2D eigenvalue weighted by atomic mass is 19.1. The monoisotopic (exact) mass is 413 g/mol. The van der Waals surface area contributed by atoms with E-state index in [1.807, 2.05) is 0 Å². The highest BCUT2D eigenvalue weighted by Crippen LogP contribution is 2.13. The van der Waals surface area contributed by atoms with Crippen LogP contribution >= 0.6 is 0 Å². The van der Waals surface area contributed by atoms with Crippen molar-refractivity contribution in [3.05, 3.63) is 35.4 Å². The predicted molar refractivity (Wildman–Crippen MR) is 98.8 cm³/mol. The zero-order chi connectivity index (χ0) is 21.6. The van der Waals surface area contributed by atoms with Crippen LogP contribution in [0.1, 0.15) is 12.5 Å². The third-order valence-corrected chi connectivity index (χ3v) is 4.64. The summed E-state index contributed by atoms with van der Waals surface area (Å²) in [6.45, 7) is 3.01. The summed E-state index contributed by atoms with van der Waals surface area (Å²) in [7, 11) is 1.17. The van der Waals surface area contributed by atoms with Crippen molar-refractivity contribution in [2.75, 3.05) is 33.4 Å². The lowest BCUT2D eigenvalue weighted by Crippen LogP contribution is -2.62. The number of morpholine rings is 1. The van der Waals surface area contributed by atoms with E-state index in [0.717, 1.165) is 12.1 Å². The van der Waals surface area contributed by atoms with Crippen LogP contribution in [0.4, 0.5) is 8.78 Å². The lowest BCUT2D eigenvalue weighted by atomic mass is 9.97. The molecule has 8 nitrogen and oxygen atoms in total. The molecule has 3 N–H and O–H groups in total. The fourth-order valence-electron chi connectivity index (χ4n) is 3.22. The van der Waals surface area contributed by atoms with Crippen LogP contribution in [-0.4, -0.2) is 74.1 Å². The molecular weight excluding hydrogens is 388 g/mol. The maximum absolute atomic E-state index is 13.3. The van der Waals surface area contributed by atoms with Gasteiger partial charge in [-0.2, -0.15) is 0 Å². The van der Waals surface area contributed by atoms with Gasteiger partial charge in [0.05, 0.1) is 38.8 Å². The van der Waals surface area contributed by atoms with Gasteiger partial charge in [-0.15, -0.1) is 0 Å². The number of ether oxygens (including phenoxy) is 2. The molecule has 2 rings (SSSR count). The molecule has 0 radical (unpaired) electrons. The van der Waals surface area contributed by atoms with Gasteiger partial charge < -0.3 is 20.5 Å². The number of ketones is 1. The fraction of sp³-hybridized carbons (Fsp3) is 0.526. The number of hydrogen-bond acceptors (Lipinski definition) is 7. The van der Waals surface area contributed by atoms with E-state index in [1.54, 1.807) is 4.90 Å². The van der Waals surface area contributed by atoms with Gasteiger partial charge >= 0.3 is 5.97 Å². The van der Waals surface area contributed by atoms with Crippen LogP contribution in [-0.2, 0) is 30.3 Å². The van der Waals surface area contributed by atoms with E-state index in [-0.39, 0.29) is 12.0 Å². The lowest BCUT2D eigenvalue weighted by Gasteiger charge is -2.36. The number of carbonyl (C=O) groups is 3. The van der Waals surface area contributed by atoms with E-state index < -0.39 is 47.4 Å². The number of esters is 1. The second-order valence-corrected chi connectivity index (χ2v) is 6.79. The molecule has 1 aromatic carbocycles. The van der Waals surface area contributed by atoms with Crippen LogP contribution in [0.3, 0.4) is 0 Å². The van der Waals surface area contributed by atoms with Crippen LogP contribution < -0.4 is 11.1 Å². The van der Waals surface area contributed by atoms with Crippen molar-refractivity contribution in [1.82, 2.24) is 10.2 Å². The molecule has 1 heterocycles. The Morgan fingerprint density at radius 1 is 1.21 bits per heavy atom. The quantitative estimate of drug-likeness (QED) is 0.567. The Hall–Kier alpha value is -2.43. The summed E-state index contributed by atoms with van der Waals surface area (Å²) < 4.78 is 36.5. The van der Waals surface area contributed by atoms with E-state index >= 15 is 0 Å². The molecule has 0 aliphatic carbocycles. The van der Waals surface area contributed by atoms with Crippen LogP contribution in [0.15, 0.2) is 18.2 Å². The van der Waals surface area contributed by atoms with Gasteiger partial charge in [-0.05, 0) is 24.6 Å². The van der Waals surface area contributed by atoms with Gasteiger partial charge in [-0.1, -0.05) is 0 Å². The highest BCUT2D eigenvalue weighted by molar-refractivity contribution is 5.96. The molecule has 160 valence electrons. The second-order valence-electron chi connectivity index (χ2n) is 6.79. The average Bonchev–Trinajstić information content (AvgIpc) is 2.67. The van der Waals surface area contributed by atoms with Crippen LogP contribution in [0, 0.1) is 11.6 Å². The van der Waals surface area contributed by atoms with Crippen molar-refractivity contribution in [1.29, 1.82) is 0 Å². The average molecular weight is 413 g/mol.